The van der Waals surface area contributed by atoms with Crippen LogP contribution in [0.3, 0.4) is 0 Å². The van der Waals surface area contributed by atoms with Gasteiger partial charge in [0.15, 0.2) is 5.43 Å². The Kier molecular flexibility index (Phi) is 7.07. The maximum atomic E-state index is 13.8. The number of hydrogen-bond acceptors (Lipinski definition) is 4. The molecular weight excluding hydrogens is 486 g/mol. The monoisotopic (exact) mass is 515 g/mol. The van der Waals surface area contributed by atoms with E-state index in [4.69, 9.17) is 20.8 Å². The van der Waals surface area contributed by atoms with Crippen molar-refractivity contribution in [3.63, 3.8) is 0 Å². The Labute approximate surface area is 221 Å². The van der Waals surface area contributed by atoms with Gasteiger partial charge in [-0.25, -0.2) is 0 Å². The number of nitrogens with zero attached hydrogens (tertiary/aromatic N) is 1. The maximum Gasteiger partial charge on any atom is 0.295 e. The molecule has 0 aliphatic carbocycles. The second-order valence-electron chi connectivity index (χ2n) is 9.66. The number of carbonyl (C=O) groups excluding carboxylic acids is 1. The molecule has 0 spiro atoms. The van der Waals surface area contributed by atoms with Gasteiger partial charge in [0.2, 0.25) is 5.76 Å². The third kappa shape index (κ3) is 4.76. The van der Waals surface area contributed by atoms with E-state index in [1.54, 1.807) is 17.0 Å². The Bertz CT molecular complexity index is 1520. The van der Waals surface area contributed by atoms with Crippen molar-refractivity contribution in [3.8, 4) is 5.75 Å². The average molecular weight is 516 g/mol. The molecule has 6 heteroatoms. The smallest absolute Gasteiger partial charge is 0.295 e. The second kappa shape index (κ2) is 10.4. The van der Waals surface area contributed by atoms with Crippen LogP contribution in [0.5, 0.6) is 5.75 Å². The molecule has 5 rings (SSSR count). The van der Waals surface area contributed by atoms with Gasteiger partial charge in [0.25, 0.3) is 5.91 Å². The number of hydrogen-bond donors (Lipinski definition) is 0. The Hall–Kier alpha value is -3.57. The van der Waals surface area contributed by atoms with Crippen LogP contribution in [0.2, 0.25) is 5.02 Å². The average Bonchev–Trinajstić information content (AvgIpc) is 3.19. The Morgan fingerprint density at radius 3 is 2.46 bits per heavy atom. The first-order valence-corrected chi connectivity index (χ1v) is 13.2. The summed E-state index contributed by atoms with van der Waals surface area (Å²) in [4.78, 5) is 29.2. The largest absolute Gasteiger partial charge is 0.494 e. The van der Waals surface area contributed by atoms with E-state index in [0.29, 0.717) is 33.8 Å². The Morgan fingerprint density at radius 1 is 0.946 bits per heavy atom. The quantitative estimate of drug-likeness (QED) is 0.225. The zero-order valence-corrected chi connectivity index (χ0v) is 22.1. The molecule has 1 aliphatic heterocycles. The molecule has 1 atom stereocenters. The van der Waals surface area contributed by atoms with E-state index in [0.717, 1.165) is 35.3 Å². The zero-order valence-electron chi connectivity index (χ0n) is 21.3. The summed E-state index contributed by atoms with van der Waals surface area (Å²) in [6, 6.07) is 17.9. The summed E-state index contributed by atoms with van der Waals surface area (Å²) in [6.45, 7) is 6.68. The number of amides is 1. The Morgan fingerprint density at radius 2 is 1.73 bits per heavy atom. The highest BCUT2D eigenvalue weighted by molar-refractivity contribution is 6.31. The molecule has 0 bridgehead atoms. The van der Waals surface area contributed by atoms with E-state index in [1.807, 2.05) is 62.4 Å². The normalized spacial score (nSPS) is 14.9. The lowest BCUT2D eigenvalue weighted by molar-refractivity contribution is 0.0971. The number of rotatable bonds is 8. The minimum Gasteiger partial charge on any atom is -0.494 e. The van der Waals surface area contributed by atoms with Crippen LogP contribution in [-0.2, 0) is 0 Å². The minimum absolute atomic E-state index is 0.0688. The van der Waals surface area contributed by atoms with Crippen molar-refractivity contribution in [1.82, 2.24) is 0 Å². The number of fused-ring (bicyclic) bond motifs is 2. The predicted octanol–water partition coefficient (Wildman–Crippen LogP) is 7.77. The van der Waals surface area contributed by atoms with Crippen molar-refractivity contribution < 1.29 is 13.9 Å². The summed E-state index contributed by atoms with van der Waals surface area (Å²) < 4.78 is 12.0. The highest BCUT2D eigenvalue weighted by Crippen LogP contribution is 2.42. The number of anilines is 1. The fourth-order valence-electron chi connectivity index (χ4n) is 4.87. The number of benzene rings is 3. The van der Waals surface area contributed by atoms with Crippen LogP contribution in [0, 0.1) is 13.8 Å². The van der Waals surface area contributed by atoms with Crippen LogP contribution >= 0.6 is 11.6 Å². The van der Waals surface area contributed by atoms with E-state index in [-0.39, 0.29) is 17.1 Å². The van der Waals surface area contributed by atoms with Gasteiger partial charge in [-0.05, 0) is 67.8 Å². The molecule has 0 radical (unpaired) electrons. The third-order valence-corrected chi connectivity index (χ3v) is 7.33. The summed E-state index contributed by atoms with van der Waals surface area (Å²) in [6.07, 6.45) is 4.54. The molecule has 3 aromatic carbocycles. The number of aryl methyl sites for hydroxylation is 2. The highest BCUT2D eigenvalue weighted by Gasteiger charge is 2.43. The van der Waals surface area contributed by atoms with Gasteiger partial charge in [-0.15, -0.1) is 0 Å². The van der Waals surface area contributed by atoms with Gasteiger partial charge in [-0.3, -0.25) is 14.5 Å². The van der Waals surface area contributed by atoms with Crippen molar-refractivity contribution in [2.45, 2.75) is 52.5 Å². The summed E-state index contributed by atoms with van der Waals surface area (Å²) in [5.74, 6) is 0.464. The molecule has 190 valence electrons. The first-order chi connectivity index (χ1) is 17.9. The van der Waals surface area contributed by atoms with Gasteiger partial charge in [0, 0.05) is 10.7 Å². The van der Waals surface area contributed by atoms with Crippen LogP contribution in [0.1, 0.15) is 71.5 Å². The minimum atomic E-state index is -0.652. The summed E-state index contributed by atoms with van der Waals surface area (Å²) >= 11 is 6.44. The van der Waals surface area contributed by atoms with Gasteiger partial charge in [0.05, 0.1) is 23.6 Å². The van der Waals surface area contributed by atoms with Crippen molar-refractivity contribution in [1.29, 1.82) is 0 Å². The van der Waals surface area contributed by atoms with Crippen LogP contribution in [0.4, 0.5) is 5.69 Å². The lowest BCUT2D eigenvalue weighted by atomic mass is 9.97. The maximum absolute atomic E-state index is 13.8. The lowest BCUT2D eigenvalue weighted by Crippen LogP contribution is -2.29. The summed E-state index contributed by atoms with van der Waals surface area (Å²) in [7, 11) is 0. The molecule has 1 aromatic heterocycles. The van der Waals surface area contributed by atoms with Gasteiger partial charge in [-0.1, -0.05) is 67.6 Å². The standard InChI is InChI=1S/C31H30ClNO4/c1-4-5-6-7-16-36-23-13-10-21(11-14-23)28-27-29(34)24-17-19(2)8-15-26(24)37-30(27)31(35)33(28)22-12-9-20(3)25(32)18-22/h8-15,17-18,28H,4-7,16H2,1-3H3. The molecule has 2 heterocycles. The van der Waals surface area contributed by atoms with E-state index in [9.17, 15) is 9.59 Å². The SMILES string of the molecule is CCCCCCOc1ccc(C2c3c(oc4ccc(C)cc4c3=O)C(=O)N2c2ccc(C)c(Cl)c2)cc1. The van der Waals surface area contributed by atoms with Crippen LogP contribution in [-0.4, -0.2) is 12.5 Å². The molecule has 0 fully saturated rings. The van der Waals surface area contributed by atoms with E-state index in [2.05, 4.69) is 6.92 Å². The number of ether oxygens (including phenoxy) is 1. The van der Waals surface area contributed by atoms with Crippen molar-refractivity contribution in [3.05, 3.63) is 104 Å². The topological polar surface area (TPSA) is 59.8 Å². The van der Waals surface area contributed by atoms with Gasteiger partial charge in [-0.2, -0.15) is 0 Å². The van der Waals surface area contributed by atoms with Gasteiger partial charge < -0.3 is 9.15 Å². The molecule has 0 N–H and O–H groups in total. The molecule has 0 saturated heterocycles. The molecule has 5 nitrogen and oxygen atoms in total. The molecule has 1 amide bonds. The van der Waals surface area contributed by atoms with E-state index < -0.39 is 6.04 Å². The predicted molar refractivity (Wildman–Crippen MR) is 148 cm³/mol. The summed E-state index contributed by atoms with van der Waals surface area (Å²) in [5, 5.41) is 1.01. The van der Waals surface area contributed by atoms with Gasteiger partial charge in [0.1, 0.15) is 11.3 Å². The van der Waals surface area contributed by atoms with Crippen LogP contribution in [0.15, 0.2) is 69.9 Å². The summed E-state index contributed by atoms with van der Waals surface area (Å²) in [5.41, 5.74) is 3.79. The number of unbranched alkanes of at least 4 members (excludes halogenated alkanes) is 3. The van der Waals surface area contributed by atoms with Crippen LogP contribution in [0.25, 0.3) is 11.0 Å². The molecule has 4 aromatic rings. The lowest BCUT2D eigenvalue weighted by Gasteiger charge is -2.26. The van der Waals surface area contributed by atoms with Gasteiger partial charge >= 0.3 is 0 Å². The third-order valence-electron chi connectivity index (χ3n) is 6.92. The Balaban J connectivity index is 1.59. The van der Waals surface area contributed by atoms with Crippen LogP contribution < -0.4 is 15.1 Å². The van der Waals surface area contributed by atoms with Crippen molar-refractivity contribution >= 4 is 34.2 Å². The first kappa shape index (κ1) is 25.1. The fourth-order valence-corrected chi connectivity index (χ4v) is 5.04. The molecule has 1 unspecified atom stereocenters. The highest BCUT2D eigenvalue weighted by atomic mass is 35.5. The van der Waals surface area contributed by atoms with Crippen molar-refractivity contribution in [2.75, 3.05) is 11.5 Å². The number of halogens is 1. The van der Waals surface area contributed by atoms with E-state index >= 15 is 0 Å². The first-order valence-electron chi connectivity index (χ1n) is 12.8. The molecule has 1 aliphatic rings. The van der Waals surface area contributed by atoms with Crippen molar-refractivity contribution in [2.24, 2.45) is 0 Å². The fraction of sp³-hybridized carbons (Fsp3) is 0.290. The second-order valence-corrected chi connectivity index (χ2v) is 10.1. The van der Waals surface area contributed by atoms with E-state index in [1.165, 1.54) is 12.8 Å². The zero-order chi connectivity index (χ0) is 26.1. The molecule has 37 heavy (non-hydrogen) atoms. The number of carbonyl (C=O) groups is 1. The molecular formula is C31H30ClNO4. The molecule has 0 saturated carbocycles.